The summed E-state index contributed by atoms with van der Waals surface area (Å²) in [7, 11) is -0.574. The predicted octanol–water partition coefficient (Wildman–Crippen LogP) is 0.137. The first-order valence-corrected chi connectivity index (χ1v) is 4.77. The molecule has 9 heavy (non-hydrogen) atoms. The maximum atomic E-state index is 10.8. The summed E-state index contributed by atoms with van der Waals surface area (Å²) in [6.45, 7) is 0.275. The van der Waals surface area contributed by atoms with E-state index < -0.39 is 10.8 Å². The summed E-state index contributed by atoms with van der Waals surface area (Å²) in [6, 6.07) is 0. The molecule has 0 unspecified atom stereocenters. The van der Waals surface area contributed by atoms with Crippen molar-refractivity contribution in [3.63, 3.8) is 0 Å². The molecule has 0 amide bonds. The summed E-state index contributed by atoms with van der Waals surface area (Å²) < 4.78 is 10.8. The minimum absolute atomic E-state index is 0.275. The van der Waals surface area contributed by atoms with Crippen LogP contribution in [0.3, 0.4) is 0 Å². The van der Waals surface area contributed by atoms with Crippen LogP contribution in [0.2, 0.25) is 0 Å². The van der Waals surface area contributed by atoms with Crippen LogP contribution in [0.5, 0.6) is 0 Å². The van der Waals surface area contributed by atoms with Crippen LogP contribution in [0.15, 0.2) is 0 Å². The molecular weight excluding hydrogens is 136 g/mol. The van der Waals surface area contributed by atoms with Crippen LogP contribution in [0.4, 0.5) is 0 Å². The summed E-state index contributed by atoms with van der Waals surface area (Å²) in [5.41, 5.74) is 0. The fourth-order valence-corrected chi connectivity index (χ4v) is 2.42. The van der Waals surface area contributed by atoms with Gasteiger partial charge < -0.3 is 5.11 Å². The molecule has 1 fully saturated rings. The van der Waals surface area contributed by atoms with Crippen LogP contribution in [-0.2, 0) is 10.8 Å². The number of hydrogen-bond acceptors (Lipinski definition) is 2. The van der Waals surface area contributed by atoms with Gasteiger partial charge in [0.1, 0.15) is 0 Å². The van der Waals surface area contributed by atoms with Crippen LogP contribution >= 0.6 is 0 Å². The second-order valence-electron chi connectivity index (χ2n) is 2.47. The number of rotatable bonds is 1. The first-order valence-electron chi connectivity index (χ1n) is 3.28. The van der Waals surface area contributed by atoms with Crippen molar-refractivity contribution in [1.82, 2.24) is 0 Å². The summed E-state index contributed by atoms with van der Waals surface area (Å²) in [5, 5.41) is 8.68. The van der Waals surface area contributed by atoms with Crippen molar-refractivity contribution in [2.75, 3.05) is 18.1 Å². The maximum absolute atomic E-state index is 10.8. The summed E-state index contributed by atoms with van der Waals surface area (Å²) in [4.78, 5) is 0. The summed E-state index contributed by atoms with van der Waals surface area (Å²) in [6.07, 6.45) is 1.90. The number of aliphatic hydroxyl groups excluding tert-OH is 1. The topological polar surface area (TPSA) is 37.3 Å². The number of hydrogen-bond donors (Lipinski definition) is 1. The van der Waals surface area contributed by atoms with Crippen molar-refractivity contribution in [1.29, 1.82) is 0 Å². The first-order chi connectivity index (χ1) is 4.33. The molecule has 0 radical (unpaired) electrons. The van der Waals surface area contributed by atoms with Crippen molar-refractivity contribution in [3.8, 4) is 0 Å². The fourth-order valence-electron chi connectivity index (χ4n) is 1.03. The van der Waals surface area contributed by atoms with Crippen molar-refractivity contribution in [2.45, 2.75) is 12.8 Å². The molecule has 1 aliphatic heterocycles. The third-order valence-corrected chi connectivity index (χ3v) is 3.15. The normalized spacial score (nSPS) is 36.6. The Hall–Kier alpha value is 0.110. The van der Waals surface area contributed by atoms with Gasteiger partial charge in [0, 0.05) is 28.9 Å². The lowest BCUT2D eigenvalue weighted by Crippen LogP contribution is -2.20. The molecule has 1 N–H and O–H groups in total. The Labute approximate surface area is 57.7 Å². The van der Waals surface area contributed by atoms with E-state index in [1.54, 1.807) is 0 Å². The second kappa shape index (κ2) is 3.32. The highest BCUT2D eigenvalue weighted by atomic mass is 32.2. The van der Waals surface area contributed by atoms with E-state index in [2.05, 4.69) is 0 Å². The Morgan fingerprint density at radius 3 is 2.44 bits per heavy atom. The third kappa shape index (κ3) is 2.06. The standard InChI is InChI=1S/C6H12O2S/c7-5-6-1-3-9(8)4-2-6/h6-7H,1-5H2. The van der Waals surface area contributed by atoms with Gasteiger partial charge in [-0.3, -0.25) is 4.21 Å². The molecule has 0 atom stereocenters. The van der Waals surface area contributed by atoms with Gasteiger partial charge in [0.05, 0.1) is 0 Å². The molecule has 0 aliphatic carbocycles. The first kappa shape index (κ1) is 7.22. The Bertz CT molecular complexity index is 104. The van der Waals surface area contributed by atoms with E-state index >= 15 is 0 Å². The van der Waals surface area contributed by atoms with Crippen LogP contribution in [0.25, 0.3) is 0 Å². The molecule has 0 aromatic heterocycles. The quantitative estimate of drug-likeness (QED) is 0.574. The lowest BCUT2D eigenvalue weighted by molar-refractivity contribution is 0.218. The Balaban J connectivity index is 2.26. The Kier molecular flexibility index (Phi) is 2.66. The van der Waals surface area contributed by atoms with Crippen LogP contribution in [0.1, 0.15) is 12.8 Å². The Morgan fingerprint density at radius 1 is 1.44 bits per heavy atom. The monoisotopic (exact) mass is 148 g/mol. The molecule has 3 heteroatoms. The lowest BCUT2D eigenvalue weighted by atomic mass is 10.1. The van der Waals surface area contributed by atoms with E-state index in [0.717, 1.165) is 24.3 Å². The van der Waals surface area contributed by atoms with Crippen LogP contribution in [-0.4, -0.2) is 27.4 Å². The molecule has 1 saturated heterocycles. The van der Waals surface area contributed by atoms with E-state index in [1.165, 1.54) is 0 Å². The zero-order chi connectivity index (χ0) is 6.69. The molecule has 0 aromatic rings. The molecule has 1 heterocycles. The summed E-state index contributed by atoms with van der Waals surface area (Å²) >= 11 is 0. The number of aliphatic hydroxyl groups is 1. The highest BCUT2D eigenvalue weighted by Gasteiger charge is 2.15. The van der Waals surface area contributed by atoms with E-state index in [9.17, 15) is 4.21 Å². The van der Waals surface area contributed by atoms with Gasteiger partial charge >= 0.3 is 0 Å². The third-order valence-electron chi connectivity index (χ3n) is 1.77. The van der Waals surface area contributed by atoms with Gasteiger partial charge in [0.2, 0.25) is 0 Å². The van der Waals surface area contributed by atoms with Crippen molar-refractivity contribution < 1.29 is 9.32 Å². The van der Waals surface area contributed by atoms with Gasteiger partial charge in [-0.25, -0.2) is 0 Å². The molecule has 1 rings (SSSR count). The van der Waals surface area contributed by atoms with Gasteiger partial charge in [-0.1, -0.05) is 0 Å². The second-order valence-corrected chi connectivity index (χ2v) is 4.17. The molecule has 0 bridgehead atoms. The molecular formula is C6H12O2S. The largest absolute Gasteiger partial charge is 0.396 e. The molecule has 54 valence electrons. The molecule has 2 nitrogen and oxygen atoms in total. The van der Waals surface area contributed by atoms with Gasteiger partial charge in [0.15, 0.2) is 0 Å². The van der Waals surface area contributed by atoms with Crippen LogP contribution in [0, 0.1) is 5.92 Å². The van der Waals surface area contributed by atoms with Gasteiger partial charge in [-0.05, 0) is 18.8 Å². The average molecular weight is 148 g/mol. The Morgan fingerprint density at radius 2 is 2.00 bits per heavy atom. The van der Waals surface area contributed by atoms with Crippen molar-refractivity contribution in [2.24, 2.45) is 5.92 Å². The summed E-state index contributed by atoms with van der Waals surface area (Å²) in [5.74, 6) is 2.03. The van der Waals surface area contributed by atoms with Crippen molar-refractivity contribution >= 4 is 10.8 Å². The smallest absolute Gasteiger partial charge is 0.0459 e. The molecule has 0 aromatic carbocycles. The average Bonchev–Trinajstić information content (AvgIpc) is 1.90. The van der Waals surface area contributed by atoms with Crippen molar-refractivity contribution in [3.05, 3.63) is 0 Å². The van der Waals surface area contributed by atoms with Gasteiger partial charge in [0.25, 0.3) is 0 Å². The van der Waals surface area contributed by atoms with E-state index in [4.69, 9.17) is 5.11 Å². The maximum Gasteiger partial charge on any atom is 0.0459 e. The highest BCUT2D eigenvalue weighted by Crippen LogP contribution is 2.14. The lowest BCUT2D eigenvalue weighted by Gasteiger charge is -2.18. The van der Waals surface area contributed by atoms with Crippen LogP contribution < -0.4 is 0 Å². The molecule has 0 spiro atoms. The molecule has 0 saturated carbocycles. The predicted molar refractivity (Wildman–Crippen MR) is 37.7 cm³/mol. The molecule has 1 aliphatic rings. The highest BCUT2D eigenvalue weighted by molar-refractivity contribution is 7.85. The van der Waals surface area contributed by atoms with Gasteiger partial charge in [-0.2, -0.15) is 0 Å². The zero-order valence-electron chi connectivity index (χ0n) is 5.38. The SMILES string of the molecule is O=S1CCC(CO)CC1. The van der Waals surface area contributed by atoms with E-state index in [-0.39, 0.29) is 6.61 Å². The van der Waals surface area contributed by atoms with E-state index in [1.807, 2.05) is 0 Å². The zero-order valence-corrected chi connectivity index (χ0v) is 6.19. The minimum atomic E-state index is -0.574. The van der Waals surface area contributed by atoms with E-state index in [0.29, 0.717) is 5.92 Å². The van der Waals surface area contributed by atoms with Gasteiger partial charge in [-0.15, -0.1) is 0 Å². The minimum Gasteiger partial charge on any atom is -0.396 e. The fraction of sp³-hybridized carbons (Fsp3) is 1.00.